The van der Waals surface area contributed by atoms with Crippen LogP contribution in [0.25, 0.3) is 0 Å². The summed E-state index contributed by atoms with van der Waals surface area (Å²) in [7, 11) is -3.84. The van der Waals surface area contributed by atoms with E-state index >= 15 is 0 Å². The maximum absolute atomic E-state index is 12.1. The first-order chi connectivity index (χ1) is 10.2. The highest BCUT2D eigenvalue weighted by molar-refractivity contribution is 7.89. The van der Waals surface area contributed by atoms with Crippen LogP contribution in [0, 0.1) is 0 Å². The fraction of sp³-hybridized carbons (Fsp3) is 0.538. The van der Waals surface area contributed by atoms with Gasteiger partial charge in [0.25, 0.3) is 0 Å². The van der Waals surface area contributed by atoms with Crippen molar-refractivity contribution in [1.29, 1.82) is 0 Å². The van der Waals surface area contributed by atoms with Gasteiger partial charge >= 0.3 is 6.36 Å². The molecular weight excluding hydrogens is 323 g/mol. The third kappa shape index (κ3) is 4.85. The van der Waals surface area contributed by atoms with Crippen LogP contribution in [-0.4, -0.2) is 32.0 Å². The molecule has 1 aromatic carbocycles. The van der Waals surface area contributed by atoms with E-state index in [0.29, 0.717) is 25.7 Å². The van der Waals surface area contributed by atoms with Crippen LogP contribution in [0.2, 0.25) is 0 Å². The van der Waals surface area contributed by atoms with Gasteiger partial charge in [-0.1, -0.05) is 0 Å². The van der Waals surface area contributed by atoms with Gasteiger partial charge in [0.2, 0.25) is 10.0 Å². The lowest BCUT2D eigenvalue weighted by Crippen LogP contribution is -2.39. The van der Waals surface area contributed by atoms with E-state index in [0.717, 1.165) is 24.3 Å². The Labute approximate surface area is 126 Å². The Morgan fingerprint density at radius 3 is 2.36 bits per heavy atom. The van der Waals surface area contributed by atoms with Crippen LogP contribution in [0.4, 0.5) is 13.2 Å². The molecule has 0 radical (unpaired) electrons. The maximum atomic E-state index is 12.1. The van der Waals surface area contributed by atoms with Crippen molar-refractivity contribution < 1.29 is 31.4 Å². The molecule has 0 heterocycles. The van der Waals surface area contributed by atoms with Gasteiger partial charge in [-0.3, -0.25) is 0 Å². The van der Waals surface area contributed by atoms with E-state index in [9.17, 15) is 26.7 Å². The van der Waals surface area contributed by atoms with Crippen molar-refractivity contribution in [2.45, 2.75) is 49.1 Å². The maximum Gasteiger partial charge on any atom is 0.573 e. The molecule has 1 aliphatic carbocycles. The second-order valence-electron chi connectivity index (χ2n) is 5.16. The molecule has 0 aliphatic heterocycles. The average Bonchev–Trinajstić information content (AvgIpc) is 2.36. The van der Waals surface area contributed by atoms with Gasteiger partial charge < -0.3 is 9.84 Å². The van der Waals surface area contributed by atoms with Crippen LogP contribution in [0.15, 0.2) is 29.2 Å². The summed E-state index contributed by atoms with van der Waals surface area (Å²) in [4.78, 5) is -0.151. The minimum Gasteiger partial charge on any atom is -0.406 e. The second-order valence-corrected chi connectivity index (χ2v) is 6.87. The van der Waals surface area contributed by atoms with Crippen molar-refractivity contribution in [1.82, 2.24) is 4.72 Å². The number of sulfonamides is 1. The van der Waals surface area contributed by atoms with Gasteiger partial charge in [-0.05, 0) is 49.9 Å². The minimum absolute atomic E-state index is 0.151. The van der Waals surface area contributed by atoms with Crippen LogP contribution in [0.5, 0.6) is 5.75 Å². The molecule has 2 N–H and O–H groups in total. The molecule has 124 valence electrons. The van der Waals surface area contributed by atoms with Crippen LogP contribution < -0.4 is 9.46 Å². The lowest BCUT2D eigenvalue weighted by Gasteiger charge is -2.26. The summed E-state index contributed by atoms with van der Waals surface area (Å²) in [5, 5.41) is 9.53. The summed E-state index contributed by atoms with van der Waals surface area (Å²) < 4.78 is 66.6. The predicted molar refractivity (Wildman–Crippen MR) is 71.7 cm³/mol. The van der Waals surface area contributed by atoms with Gasteiger partial charge in [0, 0.05) is 6.04 Å². The molecule has 9 heteroatoms. The minimum atomic E-state index is -4.82. The number of alkyl halides is 3. The monoisotopic (exact) mass is 339 g/mol. The van der Waals surface area contributed by atoms with Gasteiger partial charge in [-0.25, -0.2) is 13.1 Å². The SMILES string of the molecule is O=S(=O)(N[C@H]1CCC[C@H](O)C1)c1ccc(OC(F)(F)F)cc1. The van der Waals surface area contributed by atoms with E-state index in [-0.39, 0.29) is 10.9 Å². The second kappa shape index (κ2) is 6.43. The van der Waals surface area contributed by atoms with Crippen molar-refractivity contribution in [3.63, 3.8) is 0 Å². The number of halogens is 3. The van der Waals surface area contributed by atoms with Crippen LogP contribution >= 0.6 is 0 Å². The first-order valence-electron chi connectivity index (χ1n) is 6.72. The predicted octanol–water partition coefficient (Wildman–Crippen LogP) is 2.17. The van der Waals surface area contributed by atoms with Crippen molar-refractivity contribution in [3.05, 3.63) is 24.3 Å². The van der Waals surface area contributed by atoms with Crippen molar-refractivity contribution in [2.24, 2.45) is 0 Å². The Balaban J connectivity index is 2.06. The standard InChI is InChI=1S/C13H16F3NO4S/c14-13(15,16)21-11-4-6-12(7-5-11)22(19,20)17-9-2-1-3-10(18)8-9/h4-7,9-10,17-18H,1-3,8H2/t9-,10-/m0/s1. The molecule has 0 bridgehead atoms. The molecular formula is C13H16F3NO4S. The summed E-state index contributed by atoms with van der Waals surface area (Å²) >= 11 is 0. The van der Waals surface area contributed by atoms with E-state index in [1.807, 2.05) is 0 Å². The molecule has 22 heavy (non-hydrogen) atoms. The number of hydrogen-bond acceptors (Lipinski definition) is 4. The van der Waals surface area contributed by atoms with E-state index in [1.54, 1.807) is 0 Å². The fourth-order valence-corrected chi connectivity index (χ4v) is 3.66. The molecule has 1 aromatic rings. The van der Waals surface area contributed by atoms with E-state index in [1.165, 1.54) is 0 Å². The van der Waals surface area contributed by atoms with Crippen LogP contribution in [0.3, 0.4) is 0 Å². The zero-order valence-corrected chi connectivity index (χ0v) is 12.3. The molecule has 0 amide bonds. The number of rotatable bonds is 4. The van der Waals surface area contributed by atoms with Gasteiger partial charge in [-0.2, -0.15) is 0 Å². The van der Waals surface area contributed by atoms with Gasteiger partial charge in [0.05, 0.1) is 11.0 Å². The fourth-order valence-electron chi connectivity index (χ4n) is 2.38. The number of benzene rings is 1. The molecule has 1 saturated carbocycles. The highest BCUT2D eigenvalue weighted by atomic mass is 32.2. The lowest BCUT2D eigenvalue weighted by atomic mass is 9.94. The molecule has 5 nitrogen and oxygen atoms in total. The van der Waals surface area contributed by atoms with E-state index < -0.39 is 28.2 Å². The Morgan fingerprint density at radius 1 is 1.18 bits per heavy atom. The quantitative estimate of drug-likeness (QED) is 0.881. The molecule has 0 aromatic heterocycles. The zero-order chi connectivity index (χ0) is 16.4. The number of nitrogens with one attached hydrogen (secondary N) is 1. The van der Waals surface area contributed by atoms with E-state index in [4.69, 9.17) is 0 Å². The van der Waals surface area contributed by atoms with Crippen molar-refractivity contribution in [2.75, 3.05) is 0 Å². The number of ether oxygens (including phenoxy) is 1. The molecule has 1 aliphatic rings. The first kappa shape index (κ1) is 17.0. The topological polar surface area (TPSA) is 75.6 Å². The molecule has 1 fully saturated rings. The highest BCUT2D eigenvalue weighted by Crippen LogP contribution is 2.25. The van der Waals surface area contributed by atoms with Gasteiger partial charge in [-0.15, -0.1) is 13.2 Å². The summed E-state index contributed by atoms with van der Waals surface area (Å²) in [6, 6.07) is 3.60. The van der Waals surface area contributed by atoms with E-state index in [2.05, 4.69) is 9.46 Å². The Bertz CT molecular complexity index is 601. The first-order valence-corrected chi connectivity index (χ1v) is 8.20. The summed E-state index contributed by atoms with van der Waals surface area (Å²) in [6.45, 7) is 0. The zero-order valence-electron chi connectivity index (χ0n) is 11.5. The Morgan fingerprint density at radius 2 is 1.82 bits per heavy atom. The Hall–Kier alpha value is -1.32. The van der Waals surface area contributed by atoms with Crippen molar-refractivity contribution in [3.8, 4) is 5.75 Å². The molecule has 0 saturated heterocycles. The van der Waals surface area contributed by atoms with Gasteiger partial charge in [0.15, 0.2) is 0 Å². The Kier molecular flexibility index (Phi) is 4.98. The summed E-state index contributed by atoms with van der Waals surface area (Å²) in [5.41, 5.74) is 0. The number of aliphatic hydroxyl groups is 1. The number of hydrogen-bond donors (Lipinski definition) is 2. The smallest absolute Gasteiger partial charge is 0.406 e. The van der Waals surface area contributed by atoms with Crippen LogP contribution in [0.1, 0.15) is 25.7 Å². The third-order valence-electron chi connectivity index (χ3n) is 3.34. The normalized spacial score (nSPS) is 23.3. The molecule has 2 atom stereocenters. The largest absolute Gasteiger partial charge is 0.573 e. The number of aliphatic hydroxyl groups excluding tert-OH is 1. The average molecular weight is 339 g/mol. The van der Waals surface area contributed by atoms with Gasteiger partial charge in [0.1, 0.15) is 5.75 Å². The lowest BCUT2D eigenvalue weighted by molar-refractivity contribution is -0.274. The summed E-state index contributed by atoms with van der Waals surface area (Å²) in [6.07, 6.45) is -3.06. The molecule has 0 unspecified atom stereocenters. The summed E-state index contributed by atoms with van der Waals surface area (Å²) in [5.74, 6) is -0.487. The highest BCUT2D eigenvalue weighted by Gasteiger charge is 2.31. The molecule has 2 rings (SSSR count). The van der Waals surface area contributed by atoms with Crippen LogP contribution in [-0.2, 0) is 10.0 Å². The van der Waals surface area contributed by atoms with Crippen molar-refractivity contribution >= 4 is 10.0 Å². The third-order valence-corrected chi connectivity index (χ3v) is 4.87. The molecule has 0 spiro atoms.